The highest BCUT2D eigenvalue weighted by Gasteiger charge is 2.21. The third-order valence-electron chi connectivity index (χ3n) is 4.60. The molecule has 0 saturated heterocycles. The molecular weight excluding hydrogens is 369 g/mol. The van der Waals surface area contributed by atoms with Crippen molar-refractivity contribution in [2.45, 2.75) is 12.6 Å². The Labute approximate surface area is 168 Å². The predicted octanol–water partition coefficient (Wildman–Crippen LogP) is 4.76. The van der Waals surface area contributed by atoms with Crippen molar-refractivity contribution in [2.75, 3.05) is 7.11 Å². The van der Waals surface area contributed by atoms with Gasteiger partial charge in [0.1, 0.15) is 17.6 Å². The van der Waals surface area contributed by atoms with Crippen molar-refractivity contribution in [2.24, 2.45) is 0 Å². The Bertz CT molecular complexity index is 1060. The fraction of sp³-hybridized carbons (Fsp3) is 0.130. The molecule has 0 fully saturated rings. The highest BCUT2D eigenvalue weighted by molar-refractivity contribution is 5.51. The molecule has 4 rings (SSSR count). The van der Waals surface area contributed by atoms with Crippen LogP contribution in [0.4, 0.5) is 4.39 Å². The lowest BCUT2D eigenvalue weighted by Crippen LogP contribution is -2.22. The maximum Gasteiger partial charge on any atom is 0.247 e. The second-order valence-corrected chi connectivity index (χ2v) is 6.49. The highest BCUT2D eigenvalue weighted by Crippen LogP contribution is 2.26. The summed E-state index contributed by atoms with van der Waals surface area (Å²) in [5.41, 5.74) is 2.66. The normalized spacial score (nSPS) is 11.9. The number of aromatic nitrogens is 2. The van der Waals surface area contributed by atoms with E-state index in [0.717, 1.165) is 22.4 Å². The Balaban J connectivity index is 1.64. The van der Waals surface area contributed by atoms with E-state index in [4.69, 9.17) is 9.15 Å². The molecule has 4 aromatic rings. The summed E-state index contributed by atoms with van der Waals surface area (Å²) < 4.78 is 24.8. The van der Waals surface area contributed by atoms with Crippen LogP contribution in [0.1, 0.15) is 23.1 Å². The van der Waals surface area contributed by atoms with Gasteiger partial charge in [0.2, 0.25) is 11.8 Å². The number of nitrogens with one attached hydrogen (secondary N) is 1. The molecule has 0 spiro atoms. The topological polar surface area (TPSA) is 60.2 Å². The summed E-state index contributed by atoms with van der Waals surface area (Å²) in [4.78, 5) is 0. The minimum Gasteiger partial charge on any atom is -0.496 e. The van der Waals surface area contributed by atoms with Crippen LogP contribution in [0.5, 0.6) is 5.75 Å². The van der Waals surface area contributed by atoms with Crippen molar-refractivity contribution < 1.29 is 13.5 Å². The van der Waals surface area contributed by atoms with Crippen molar-refractivity contribution >= 4 is 0 Å². The van der Waals surface area contributed by atoms with Crippen molar-refractivity contribution in [3.8, 4) is 17.2 Å². The molecule has 1 aromatic heterocycles. The lowest BCUT2D eigenvalue weighted by atomic mass is 10.1. The van der Waals surface area contributed by atoms with Crippen LogP contribution in [0.3, 0.4) is 0 Å². The second-order valence-electron chi connectivity index (χ2n) is 6.49. The minimum atomic E-state index is -0.398. The SMILES string of the molecule is COc1ccccc1CN[C@H](c1ccc(F)cc1)c1nnc(-c2ccccc2)o1. The van der Waals surface area contributed by atoms with Crippen LogP contribution in [-0.4, -0.2) is 17.3 Å². The van der Waals surface area contributed by atoms with Crippen LogP contribution in [0, 0.1) is 5.82 Å². The first-order valence-electron chi connectivity index (χ1n) is 9.24. The highest BCUT2D eigenvalue weighted by atomic mass is 19.1. The third kappa shape index (κ3) is 4.33. The van der Waals surface area contributed by atoms with Gasteiger partial charge in [-0.1, -0.05) is 48.5 Å². The monoisotopic (exact) mass is 389 g/mol. The van der Waals surface area contributed by atoms with Gasteiger partial charge >= 0.3 is 0 Å². The van der Waals surface area contributed by atoms with Gasteiger partial charge in [-0.05, 0) is 35.9 Å². The minimum absolute atomic E-state index is 0.298. The first-order valence-corrected chi connectivity index (χ1v) is 9.24. The summed E-state index contributed by atoms with van der Waals surface area (Å²) in [6.07, 6.45) is 0. The number of methoxy groups -OCH3 is 1. The predicted molar refractivity (Wildman–Crippen MR) is 108 cm³/mol. The smallest absolute Gasteiger partial charge is 0.247 e. The molecule has 1 N–H and O–H groups in total. The largest absolute Gasteiger partial charge is 0.496 e. The lowest BCUT2D eigenvalue weighted by molar-refractivity contribution is 0.401. The molecule has 5 nitrogen and oxygen atoms in total. The van der Waals surface area contributed by atoms with E-state index in [9.17, 15) is 4.39 Å². The average molecular weight is 389 g/mol. The van der Waals surface area contributed by atoms with Crippen molar-refractivity contribution in [3.05, 3.63) is 102 Å². The maximum absolute atomic E-state index is 13.4. The van der Waals surface area contributed by atoms with Crippen LogP contribution in [0.2, 0.25) is 0 Å². The lowest BCUT2D eigenvalue weighted by Gasteiger charge is -2.17. The molecule has 146 valence electrons. The van der Waals surface area contributed by atoms with Gasteiger partial charge in [-0.25, -0.2) is 4.39 Å². The van der Waals surface area contributed by atoms with Crippen LogP contribution >= 0.6 is 0 Å². The Kier molecular flexibility index (Phi) is 5.63. The van der Waals surface area contributed by atoms with E-state index in [1.54, 1.807) is 19.2 Å². The Morgan fingerprint density at radius 3 is 2.41 bits per heavy atom. The molecule has 0 saturated carbocycles. The number of para-hydroxylation sites is 1. The number of hydrogen-bond acceptors (Lipinski definition) is 5. The van der Waals surface area contributed by atoms with Gasteiger partial charge in [-0.15, -0.1) is 10.2 Å². The summed E-state index contributed by atoms with van der Waals surface area (Å²) in [7, 11) is 1.64. The van der Waals surface area contributed by atoms with Gasteiger partial charge in [0.25, 0.3) is 0 Å². The first kappa shape index (κ1) is 18.8. The van der Waals surface area contributed by atoms with Crippen molar-refractivity contribution in [3.63, 3.8) is 0 Å². The fourth-order valence-electron chi connectivity index (χ4n) is 3.11. The molecule has 29 heavy (non-hydrogen) atoms. The van der Waals surface area contributed by atoms with Gasteiger partial charge in [0, 0.05) is 17.7 Å². The Morgan fingerprint density at radius 2 is 1.66 bits per heavy atom. The molecule has 1 atom stereocenters. The molecule has 0 unspecified atom stereocenters. The molecule has 1 heterocycles. The average Bonchev–Trinajstić information content (AvgIpc) is 3.26. The third-order valence-corrected chi connectivity index (χ3v) is 4.60. The molecule has 0 radical (unpaired) electrons. The standard InChI is InChI=1S/C23H20FN3O2/c1-28-20-10-6-5-9-18(20)15-25-21(16-11-13-19(24)14-12-16)23-27-26-22(29-23)17-7-3-2-4-8-17/h2-14,21,25H,15H2,1H3/t21-/m1/s1. The van der Waals surface area contributed by atoms with E-state index in [0.29, 0.717) is 18.3 Å². The number of halogens is 1. The molecule has 0 aliphatic heterocycles. The van der Waals surface area contributed by atoms with Gasteiger partial charge < -0.3 is 9.15 Å². The van der Waals surface area contributed by atoms with Crippen molar-refractivity contribution in [1.29, 1.82) is 0 Å². The zero-order valence-corrected chi connectivity index (χ0v) is 15.9. The fourth-order valence-corrected chi connectivity index (χ4v) is 3.11. The van der Waals surface area contributed by atoms with Gasteiger partial charge in [0.15, 0.2) is 0 Å². The number of benzene rings is 3. The molecule has 3 aromatic carbocycles. The molecule has 0 aliphatic rings. The van der Waals surface area contributed by atoms with Crippen LogP contribution in [0.25, 0.3) is 11.5 Å². The van der Waals surface area contributed by atoms with E-state index in [1.807, 2.05) is 54.6 Å². The first-order chi connectivity index (χ1) is 14.2. The van der Waals surface area contributed by atoms with Crippen LogP contribution < -0.4 is 10.1 Å². The number of nitrogens with zero attached hydrogens (tertiary/aromatic N) is 2. The Morgan fingerprint density at radius 1 is 0.931 bits per heavy atom. The molecule has 0 bridgehead atoms. The van der Waals surface area contributed by atoms with Crippen molar-refractivity contribution in [1.82, 2.24) is 15.5 Å². The molecule has 6 heteroatoms. The molecule has 0 aliphatic carbocycles. The number of rotatable bonds is 7. The van der Waals surface area contributed by atoms with Crippen LogP contribution in [0.15, 0.2) is 83.3 Å². The summed E-state index contributed by atoms with van der Waals surface area (Å²) in [5, 5.41) is 11.9. The van der Waals surface area contributed by atoms with Crippen LogP contribution in [-0.2, 0) is 6.54 Å². The zero-order valence-electron chi connectivity index (χ0n) is 15.9. The van der Waals surface area contributed by atoms with E-state index in [1.165, 1.54) is 12.1 Å². The maximum atomic E-state index is 13.4. The summed E-state index contributed by atoms with van der Waals surface area (Å²) in [6.45, 7) is 0.509. The van der Waals surface area contributed by atoms with E-state index < -0.39 is 6.04 Å². The molecule has 0 amide bonds. The van der Waals surface area contributed by atoms with Gasteiger partial charge in [-0.2, -0.15) is 0 Å². The van der Waals surface area contributed by atoms with E-state index in [-0.39, 0.29) is 5.82 Å². The van der Waals surface area contributed by atoms with E-state index >= 15 is 0 Å². The summed E-state index contributed by atoms with van der Waals surface area (Å²) >= 11 is 0. The van der Waals surface area contributed by atoms with Gasteiger partial charge in [0.05, 0.1) is 7.11 Å². The summed E-state index contributed by atoms with van der Waals surface area (Å²) in [5.74, 6) is 1.33. The second kappa shape index (κ2) is 8.67. The zero-order chi connectivity index (χ0) is 20.1. The molecular formula is C23H20FN3O2. The number of hydrogen-bond donors (Lipinski definition) is 1. The van der Waals surface area contributed by atoms with E-state index in [2.05, 4.69) is 15.5 Å². The Hall–Kier alpha value is -3.51. The quantitative estimate of drug-likeness (QED) is 0.494. The summed E-state index contributed by atoms with van der Waals surface area (Å²) in [6, 6.07) is 23.2. The number of ether oxygens (including phenoxy) is 1. The van der Waals surface area contributed by atoms with Gasteiger partial charge in [-0.3, -0.25) is 5.32 Å².